The number of carboxylic acid groups (broad SMARTS) is 1. The maximum atomic E-state index is 11.6. The topological polar surface area (TPSA) is 98.7 Å². The molecule has 0 aromatic heterocycles. The van der Waals surface area contributed by atoms with Gasteiger partial charge in [-0.05, 0) is 31.9 Å². The molecule has 1 rings (SSSR count). The van der Waals surface area contributed by atoms with Gasteiger partial charge in [0.05, 0.1) is 13.1 Å². The first-order valence-electron chi connectivity index (χ1n) is 6.26. The molecule has 1 amide bonds. The fourth-order valence-electron chi connectivity index (χ4n) is 1.67. The van der Waals surface area contributed by atoms with Gasteiger partial charge < -0.3 is 20.8 Å². The SMILES string of the molecule is Cc1cccc(C)c1NCC(=O)NCC(C)(O)C(=O)O. The van der Waals surface area contributed by atoms with Crippen molar-refractivity contribution in [3.63, 3.8) is 0 Å². The molecule has 1 aromatic rings. The molecule has 0 bridgehead atoms. The molecule has 6 nitrogen and oxygen atoms in total. The summed E-state index contributed by atoms with van der Waals surface area (Å²) < 4.78 is 0. The molecular weight excluding hydrogens is 260 g/mol. The van der Waals surface area contributed by atoms with Gasteiger partial charge in [-0.2, -0.15) is 0 Å². The number of hydrogen-bond acceptors (Lipinski definition) is 4. The molecule has 20 heavy (non-hydrogen) atoms. The molecule has 1 aromatic carbocycles. The van der Waals surface area contributed by atoms with Crippen molar-refractivity contribution >= 4 is 17.6 Å². The van der Waals surface area contributed by atoms with Gasteiger partial charge in [0.25, 0.3) is 0 Å². The summed E-state index contributed by atoms with van der Waals surface area (Å²) in [6.45, 7) is 4.68. The third kappa shape index (κ3) is 4.24. The van der Waals surface area contributed by atoms with Crippen LogP contribution in [0.2, 0.25) is 0 Å². The van der Waals surface area contributed by atoms with Crippen molar-refractivity contribution in [2.24, 2.45) is 0 Å². The van der Waals surface area contributed by atoms with Crippen molar-refractivity contribution in [1.29, 1.82) is 0 Å². The smallest absolute Gasteiger partial charge is 0.337 e. The second kappa shape index (κ2) is 6.38. The minimum absolute atomic E-state index is 0.0153. The van der Waals surface area contributed by atoms with Crippen LogP contribution in [0.5, 0.6) is 0 Å². The Labute approximate surface area is 117 Å². The van der Waals surface area contributed by atoms with Crippen LogP contribution >= 0.6 is 0 Å². The Bertz CT molecular complexity index is 492. The summed E-state index contributed by atoms with van der Waals surface area (Å²) in [6.07, 6.45) is 0. The molecule has 4 N–H and O–H groups in total. The molecule has 110 valence electrons. The number of nitrogens with one attached hydrogen (secondary N) is 2. The van der Waals surface area contributed by atoms with Gasteiger partial charge >= 0.3 is 5.97 Å². The predicted molar refractivity (Wildman–Crippen MR) is 75.7 cm³/mol. The van der Waals surface area contributed by atoms with Crippen LogP contribution in [0, 0.1) is 13.8 Å². The molecular formula is C14H20N2O4. The van der Waals surface area contributed by atoms with Crippen LogP contribution in [-0.4, -0.2) is 40.8 Å². The largest absolute Gasteiger partial charge is 0.479 e. The summed E-state index contributed by atoms with van der Waals surface area (Å²) >= 11 is 0. The number of para-hydroxylation sites is 1. The van der Waals surface area contributed by atoms with Crippen molar-refractivity contribution in [3.05, 3.63) is 29.3 Å². The van der Waals surface area contributed by atoms with E-state index in [1.807, 2.05) is 32.0 Å². The summed E-state index contributed by atoms with van der Waals surface area (Å²) in [5, 5.41) is 23.6. The van der Waals surface area contributed by atoms with Gasteiger partial charge in [0.15, 0.2) is 5.60 Å². The fraction of sp³-hybridized carbons (Fsp3) is 0.429. The van der Waals surface area contributed by atoms with Crippen LogP contribution in [0.4, 0.5) is 5.69 Å². The molecule has 1 atom stereocenters. The lowest BCUT2D eigenvalue weighted by molar-refractivity contribution is -0.156. The van der Waals surface area contributed by atoms with Crippen molar-refractivity contribution in [2.75, 3.05) is 18.4 Å². The van der Waals surface area contributed by atoms with Crippen LogP contribution in [0.25, 0.3) is 0 Å². The van der Waals surface area contributed by atoms with Crippen LogP contribution in [-0.2, 0) is 9.59 Å². The molecule has 1 unspecified atom stereocenters. The normalized spacial score (nSPS) is 13.4. The first-order chi connectivity index (χ1) is 9.24. The Kier molecular flexibility index (Phi) is 5.10. The number of aryl methyl sites for hydroxylation is 2. The number of carbonyl (C=O) groups excluding carboxylic acids is 1. The second-order valence-electron chi connectivity index (χ2n) is 4.98. The highest BCUT2D eigenvalue weighted by Crippen LogP contribution is 2.18. The van der Waals surface area contributed by atoms with Crippen molar-refractivity contribution in [3.8, 4) is 0 Å². The van der Waals surface area contributed by atoms with E-state index in [2.05, 4.69) is 10.6 Å². The molecule has 0 aliphatic carbocycles. The van der Waals surface area contributed by atoms with E-state index in [1.54, 1.807) is 0 Å². The zero-order valence-corrected chi connectivity index (χ0v) is 11.9. The van der Waals surface area contributed by atoms with E-state index in [-0.39, 0.29) is 19.0 Å². The van der Waals surface area contributed by atoms with Crippen LogP contribution in [0.15, 0.2) is 18.2 Å². The summed E-state index contributed by atoms with van der Waals surface area (Å²) in [7, 11) is 0. The van der Waals surface area contributed by atoms with E-state index in [0.29, 0.717) is 0 Å². The van der Waals surface area contributed by atoms with Crippen molar-refractivity contribution < 1.29 is 19.8 Å². The third-order valence-electron chi connectivity index (χ3n) is 3.00. The maximum absolute atomic E-state index is 11.6. The lowest BCUT2D eigenvalue weighted by Crippen LogP contribution is -2.47. The van der Waals surface area contributed by atoms with Gasteiger partial charge in [-0.15, -0.1) is 0 Å². The van der Waals surface area contributed by atoms with E-state index < -0.39 is 11.6 Å². The number of carbonyl (C=O) groups is 2. The maximum Gasteiger partial charge on any atom is 0.337 e. The summed E-state index contributed by atoms with van der Waals surface area (Å²) in [5.41, 5.74) is 0.965. The second-order valence-corrected chi connectivity index (χ2v) is 4.98. The van der Waals surface area contributed by atoms with E-state index in [4.69, 9.17) is 5.11 Å². The number of amides is 1. The Morgan fingerprint density at radius 2 is 1.80 bits per heavy atom. The number of carboxylic acids is 1. The number of aliphatic hydroxyl groups is 1. The molecule has 0 spiro atoms. The molecule has 0 saturated carbocycles. The predicted octanol–water partition coefficient (Wildman–Crippen LogP) is 0.667. The number of benzene rings is 1. The molecule has 0 fully saturated rings. The fourth-order valence-corrected chi connectivity index (χ4v) is 1.67. The summed E-state index contributed by atoms with van der Waals surface area (Å²) in [4.78, 5) is 22.3. The number of rotatable bonds is 6. The Hall–Kier alpha value is -2.08. The average Bonchev–Trinajstić information content (AvgIpc) is 2.35. The molecule has 6 heteroatoms. The van der Waals surface area contributed by atoms with Gasteiger partial charge in [0.1, 0.15) is 0 Å². The highest BCUT2D eigenvalue weighted by atomic mass is 16.4. The molecule has 0 saturated heterocycles. The lowest BCUT2D eigenvalue weighted by Gasteiger charge is -2.19. The van der Waals surface area contributed by atoms with E-state index in [9.17, 15) is 14.7 Å². The van der Waals surface area contributed by atoms with E-state index in [1.165, 1.54) is 0 Å². The zero-order chi connectivity index (χ0) is 15.3. The van der Waals surface area contributed by atoms with Gasteiger partial charge in [-0.3, -0.25) is 4.79 Å². The van der Waals surface area contributed by atoms with E-state index in [0.717, 1.165) is 23.7 Å². The standard InChI is InChI=1S/C14H20N2O4/c1-9-5-4-6-10(2)12(9)15-7-11(17)16-8-14(3,20)13(18)19/h4-6,15,20H,7-8H2,1-3H3,(H,16,17)(H,18,19). The first kappa shape index (κ1) is 16.0. The summed E-state index contributed by atoms with van der Waals surface area (Å²) in [6, 6.07) is 5.80. The highest BCUT2D eigenvalue weighted by molar-refractivity contribution is 5.83. The molecule has 0 aliphatic rings. The number of aliphatic carboxylic acids is 1. The third-order valence-corrected chi connectivity index (χ3v) is 3.00. The zero-order valence-electron chi connectivity index (χ0n) is 11.9. The quantitative estimate of drug-likeness (QED) is 0.614. The van der Waals surface area contributed by atoms with Gasteiger partial charge in [-0.1, -0.05) is 18.2 Å². The van der Waals surface area contributed by atoms with Gasteiger partial charge in [0.2, 0.25) is 5.91 Å². The average molecular weight is 280 g/mol. The summed E-state index contributed by atoms with van der Waals surface area (Å²) in [5.74, 6) is -1.75. The molecule has 0 aliphatic heterocycles. The van der Waals surface area contributed by atoms with Crippen molar-refractivity contribution in [1.82, 2.24) is 5.32 Å². The highest BCUT2D eigenvalue weighted by Gasteiger charge is 2.30. The lowest BCUT2D eigenvalue weighted by atomic mass is 10.1. The molecule has 0 radical (unpaired) electrons. The first-order valence-corrected chi connectivity index (χ1v) is 6.26. The van der Waals surface area contributed by atoms with Crippen LogP contribution in [0.3, 0.4) is 0 Å². The van der Waals surface area contributed by atoms with Crippen LogP contribution < -0.4 is 10.6 Å². The minimum Gasteiger partial charge on any atom is -0.479 e. The van der Waals surface area contributed by atoms with Crippen LogP contribution in [0.1, 0.15) is 18.1 Å². The Balaban J connectivity index is 2.51. The van der Waals surface area contributed by atoms with Gasteiger partial charge in [-0.25, -0.2) is 4.79 Å². The number of anilines is 1. The Morgan fingerprint density at radius 3 is 2.30 bits per heavy atom. The minimum atomic E-state index is -1.96. The monoisotopic (exact) mass is 280 g/mol. The van der Waals surface area contributed by atoms with Gasteiger partial charge in [0, 0.05) is 5.69 Å². The van der Waals surface area contributed by atoms with E-state index >= 15 is 0 Å². The number of hydrogen-bond donors (Lipinski definition) is 4. The van der Waals surface area contributed by atoms with Crippen molar-refractivity contribution in [2.45, 2.75) is 26.4 Å². The Morgan fingerprint density at radius 1 is 1.25 bits per heavy atom. The molecule has 0 heterocycles.